The molecule has 1 heterocycles. The molecule has 1 aromatic carbocycles. The van der Waals surface area contributed by atoms with Gasteiger partial charge in [-0.25, -0.2) is 4.39 Å². The summed E-state index contributed by atoms with van der Waals surface area (Å²) in [5, 5.41) is 3.81. The van der Waals surface area contributed by atoms with Gasteiger partial charge in [0, 0.05) is 20.3 Å². The lowest BCUT2D eigenvalue weighted by Crippen LogP contribution is -2.23. The van der Waals surface area contributed by atoms with Crippen LogP contribution in [0.2, 0.25) is 5.02 Å². The van der Waals surface area contributed by atoms with Crippen molar-refractivity contribution in [3.63, 3.8) is 0 Å². The number of nitrogens with one attached hydrogen (secondary N) is 1. The molecule has 19 heavy (non-hydrogen) atoms. The highest BCUT2D eigenvalue weighted by Crippen LogP contribution is 2.36. The molecule has 0 amide bonds. The van der Waals surface area contributed by atoms with Gasteiger partial charge in [0.2, 0.25) is 0 Å². The normalized spacial score (nSPS) is 12.7. The molecule has 0 spiro atoms. The minimum atomic E-state index is -0.260. The quantitative estimate of drug-likeness (QED) is 0.850. The molecular weight excluding hydrogens is 281 g/mol. The molecule has 0 saturated heterocycles. The van der Waals surface area contributed by atoms with Crippen LogP contribution in [0.1, 0.15) is 33.8 Å². The van der Waals surface area contributed by atoms with Crippen molar-refractivity contribution in [3.05, 3.63) is 56.0 Å². The maximum absolute atomic E-state index is 14.1. The molecule has 0 fully saturated rings. The number of benzene rings is 1. The summed E-state index contributed by atoms with van der Waals surface area (Å²) in [7, 11) is 0. The Balaban J connectivity index is 2.54. The first-order chi connectivity index (χ1) is 9.04. The Hall–Kier alpha value is -0.900. The van der Waals surface area contributed by atoms with Gasteiger partial charge in [-0.2, -0.15) is 0 Å². The van der Waals surface area contributed by atoms with Gasteiger partial charge < -0.3 is 5.32 Å². The minimum absolute atomic E-state index is 0.183. The molecule has 0 aliphatic carbocycles. The van der Waals surface area contributed by atoms with Gasteiger partial charge >= 0.3 is 0 Å². The molecule has 0 aliphatic rings. The van der Waals surface area contributed by atoms with Crippen LogP contribution >= 0.6 is 22.9 Å². The van der Waals surface area contributed by atoms with E-state index in [1.165, 1.54) is 16.5 Å². The zero-order valence-electron chi connectivity index (χ0n) is 11.3. The molecular formula is C15H17ClFNS. The molecule has 2 aromatic rings. The molecule has 0 radical (unpaired) electrons. The predicted octanol–water partition coefficient (Wildman–Crippen LogP) is 4.86. The largest absolute Gasteiger partial charge is 0.306 e. The fourth-order valence-corrected chi connectivity index (χ4v) is 3.66. The van der Waals surface area contributed by atoms with Gasteiger partial charge in [0.05, 0.1) is 6.04 Å². The van der Waals surface area contributed by atoms with Crippen LogP contribution in [-0.2, 0) is 0 Å². The molecule has 1 nitrogen and oxygen atoms in total. The Labute approximate surface area is 122 Å². The van der Waals surface area contributed by atoms with E-state index in [4.69, 9.17) is 11.6 Å². The van der Waals surface area contributed by atoms with Crippen molar-refractivity contribution in [3.8, 4) is 0 Å². The van der Waals surface area contributed by atoms with Crippen LogP contribution in [0, 0.1) is 19.7 Å². The van der Waals surface area contributed by atoms with Crippen LogP contribution in [0.4, 0.5) is 4.39 Å². The first-order valence-corrected chi connectivity index (χ1v) is 7.48. The topological polar surface area (TPSA) is 12.0 Å². The first-order valence-electron chi connectivity index (χ1n) is 6.28. The van der Waals surface area contributed by atoms with Gasteiger partial charge in [-0.05, 0) is 44.2 Å². The fourth-order valence-electron chi connectivity index (χ4n) is 2.26. The molecule has 0 bridgehead atoms. The molecule has 1 N–H and O–H groups in total. The number of hydrogen-bond acceptors (Lipinski definition) is 2. The predicted molar refractivity (Wildman–Crippen MR) is 80.7 cm³/mol. The van der Waals surface area contributed by atoms with Gasteiger partial charge in [-0.1, -0.05) is 24.6 Å². The number of halogens is 2. The number of aryl methyl sites for hydroxylation is 2. The van der Waals surface area contributed by atoms with Gasteiger partial charge in [-0.15, -0.1) is 11.3 Å². The fraction of sp³-hybridized carbons (Fsp3) is 0.333. The first kappa shape index (κ1) is 14.5. The molecule has 1 unspecified atom stereocenters. The average Bonchev–Trinajstić information content (AvgIpc) is 2.67. The monoisotopic (exact) mass is 297 g/mol. The van der Waals surface area contributed by atoms with Gasteiger partial charge in [0.1, 0.15) is 5.82 Å². The summed E-state index contributed by atoms with van der Waals surface area (Å²) in [5.41, 5.74) is 1.71. The lowest BCUT2D eigenvalue weighted by atomic mass is 10.0. The Kier molecular flexibility index (Phi) is 4.61. The minimum Gasteiger partial charge on any atom is -0.306 e. The number of rotatable bonds is 4. The Bertz CT molecular complexity index is 559. The SMILES string of the molecule is CCNC(c1sc(C)cc1C)c1c(F)cccc1Cl. The third-order valence-electron chi connectivity index (χ3n) is 3.04. The summed E-state index contributed by atoms with van der Waals surface area (Å²) in [6.07, 6.45) is 0. The number of thiophene rings is 1. The Morgan fingerprint density at radius 3 is 2.63 bits per heavy atom. The van der Waals surface area contributed by atoms with Crippen molar-refractivity contribution in [2.24, 2.45) is 0 Å². The van der Waals surface area contributed by atoms with E-state index in [0.29, 0.717) is 10.6 Å². The second-order valence-electron chi connectivity index (χ2n) is 4.53. The summed E-state index contributed by atoms with van der Waals surface area (Å²) in [6.45, 7) is 6.88. The van der Waals surface area contributed by atoms with Crippen LogP contribution in [0.5, 0.6) is 0 Å². The van der Waals surface area contributed by atoms with Crippen molar-refractivity contribution < 1.29 is 4.39 Å². The van der Waals surface area contributed by atoms with Crippen LogP contribution in [0.3, 0.4) is 0 Å². The summed E-state index contributed by atoms with van der Waals surface area (Å²) in [6, 6.07) is 6.77. The van der Waals surface area contributed by atoms with Crippen LogP contribution < -0.4 is 5.32 Å². The van der Waals surface area contributed by atoms with Crippen molar-refractivity contribution in [2.45, 2.75) is 26.8 Å². The maximum Gasteiger partial charge on any atom is 0.129 e. The van der Waals surface area contributed by atoms with Crippen LogP contribution in [0.15, 0.2) is 24.3 Å². The Morgan fingerprint density at radius 1 is 1.37 bits per heavy atom. The van der Waals surface area contributed by atoms with Crippen LogP contribution in [0.25, 0.3) is 0 Å². The van der Waals surface area contributed by atoms with E-state index in [1.54, 1.807) is 23.5 Å². The summed E-state index contributed by atoms with van der Waals surface area (Å²) >= 11 is 7.88. The van der Waals surface area contributed by atoms with Crippen molar-refractivity contribution in [1.82, 2.24) is 5.32 Å². The third kappa shape index (κ3) is 2.99. The molecule has 0 aliphatic heterocycles. The van der Waals surface area contributed by atoms with Crippen molar-refractivity contribution in [1.29, 1.82) is 0 Å². The summed E-state index contributed by atoms with van der Waals surface area (Å²) in [5.74, 6) is -0.260. The average molecular weight is 298 g/mol. The van der Waals surface area contributed by atoms with E-state index in [9.17, 15) is 4.39 Å². The van der Waals surface area contributed by atoms with E-state index in [1.807, 2.05) is 6.92 Å². The molecule has 4 heteroatoms. The molecule has 1 atom stereocenters. The molecule has 2 rings (SSSR count). The zero-order valence-corrected chi connectivity index (χ0v) is 12.8. The third-order valence-corrected chi connectivity index (χ3v) is 4.59. The Morgan fingerprint density at radius 2 is 2.11 bits per heavy atom. The van der Waals surface area contributed by atoms with Crippen molar-refractivity contribution in [2.75, 3.05) is 6.54 Å². The highest BCUT2D eigenvalue weighted by atomic mass is 35.5. The maximum atomic E-state index is 14.1. The lowest BCUT2D eigenvalue weighted by Gasteiger charge is -2.20. The zero-order chi connectivity index (χ0) is 14.0. The van der Waals surface area contributed by atoms with E-state index in [-0.39, 0.29) is 11.9 Å². The summed E-state index contributed by atoms with van der Waals surface area (Å²) in [4.78, 5) is 2.36. The van der Waals surface area contributed by atoms with E-state index >= 15 is 0 Å². The summed E-state index contributed by atoms with van der Waals surface area (Å²) < 4.78 is 14.1. The highest BCUT2D eigenvalue weighted by Gasteiger charge is 2.23. The van der Waals surface area contributed by atoms with Gasteiger partial charge in [0.25, 0.3) is 0 Å². The smallest absolute Gasteiger partial charge is 0.129 e. The molecule has 1 aromatic heterocycles. The highest BCUT2D eigenvalue weighted by molar-refractivity contribution is 7.12. The molecule has 0 saturated carbocycles. The van der Waals surface area contributed by atoms with Gasteiger partial charge in [0.15, 0.2) is 0 Å². The van der Waals surface area contributed by atoms with E-state index < -0.39 is 0 Å². The van der Waals surface area contributed by atoms with Gasteiger partial charge in [-0.3, -0.25) is 0 Å². The van der Waals surface area contributed by atoms with Crippen LogP contribution in [-0.4, -0.2) is 6.54 Å². The second-order valence-corrected chi connectivity index (χ2v) is 6.23. The van der Waals surface area contributed by atoms with E-state index in [0.717, 1.165) is 11.4 Å². The van der Waals surface area contributed by atoms with Crippen molar-refractivity contribution >= 4 is 22.9 Å². The second kappa shape index (κ2) is 6.04. The lowest BCUT2D eigenvalue weighted by molar-refractivity contribution is 0.562. The standard InChI is InChI=1S/C15H17ClFNS/c1-4-18-14(15-9(2)8-10(3)19-15)13-11(16)6-5-7-12(13)17/h5-8,14,18H,4H2,1-3H3. The number of hydrogen-bond donors (Lipinski definition) is 1. The van der Waals surface area contributed by atoms with E-state index in [2.05, 4.69) is 25.2 Å². The molecule has 102 valence electrons.